The van der Waals surface area contributed by atoms with Crippen molar-refractivity contribution in [2.75, 3.05) is 0 Å². The molecule has 0 unspecified atom stereocenters. The predicted octanol–water partition coefficient (Wildman–Crippen LogP) is 3.84. The Morgan fingerprint density at radius 2 is 1.85 bits per heavy atom. The van der Waals surface area contributed by atoms with E-state index in [1.165, 1.54) is 24.0 Å². The molecule has 0 spiro atoms. The topological polar surface area (TPSA) is 62.4 Å². The van der Waals surface area contributed by atoms with E-state index >= 15 is 0 Å². The van der Waals surface area contributed by atoms with Gasteiger partial charge in [-0.2, -0.15) is 0 Å². The molecule has 0 bridgehead atoms. The number of hydrogen-bond acceptors (Lipinski definition) is 5. The van der Waals surface area contributed by atoms with Crippen molar-refractivity contribution in [2.24, 2.45) is 0 Å². The van der Waals surface area contributed by atoms with E-state index in [0.717, 1.165) is 12.1 Å². The first-order chi connectivity index (χ1) is 12.7. The molecule has 1 aromatic heterocycles. The molecule has 1 fully saturated rings. The maximum Gasteiger partial charge on any atom is 0.230 e. The molecule has 5 nitrogen and oxygen atoms in total. The molecule has 1 N–H and O–H groups in total. The van der Waals surface area contributed by atoms with Gasteiger partial charge in [0.2, 0.25) is 11.8 Å². The molecule has 134 valence electrons. The molecular formula is C21H23N3O2. The van der Waals surface area contributed by atoms with Gasteiger partial charge in [0, 0.05) is 12.6 Å². The van der Waals surface area contributed by atoms with Crippen molar-refractivity contribution in [3.8, 4) is 5.75 Å². The fraction of sp³-hybridized carbons (Fsp3) is 0.333. The molecule has 0 atom stereocenters. The van der Waals surface area contributed by atoms with Gasteiger partial charge in [0.15, 0.2) is 0 Å². The molecule has 1 saturated carbocycles. The minimum Gasteiger partial charge on any atom is -0.508 e. The van der Waals surface area contributed by atoms with Gasteiger partial charge >= 0.3 is 0 Å². The SMILES string of the molecule is Cc1ccccc1Cc1nnc(CN(Cc2cccc(O)c2)C2CC2)o1. The Hall–Kier alpha value is -2.66. The summed E-state index contributed by atoms with van der Waals surface area (Å²) in [6.07, 6.45) is 3.06. The number of nitrogens with zero attached hydrogens (tertiary/aromatic N) is 3. The van der Waals surface area contributed by atoms with Gasteiger partial charge in [-0.3, -0.25) is 4.90 Å². The maximum atomic E-state index is 9.68. The number of aromatic nitrogens is 2. The van der Waals surface area contributed by atoms with Crippen molar-refractivity contribution in [3.63, 3.8) is 0 Å². The third kappa shape index (κ3) is 4.11. The minimum absolute atomic E-state index is 0.302. The number of aryl methyl sites for hydroxylation is 1. The molecule has 5 heteroatoms. The zero-order chi connectivity index (χ0) is 17.9. The van der Waals surface area contributed by atoms with Crippen molar-refractivity contribution < 1.29 is 9.52 Å². The summed E-state index contributed by atoms with van der Waals surface area (Å²) in [5, 5.41) is 18.1. The number of benzene rings is 2. The standard InChI is InChI=1S/C21H23N3O2/c1-15-5-2-3-7-17(15)12-20-22-23-21(26-20)14-24(18-9-10-18)13-16-6-4-8-19(25)11-16/h2-8,11,18,25H,9-10,12-14H2,1H3. The quantitative estimate of drug-likeness (QED) is 0.702. The second-order valence-corrected chi connectivity index (χ2v) is 7.00. The van der Waals surface area contributed by atoms with Gasteiger partial charge < -0.3 is 9.52 Å². The van der Waals surface area contributed by atoms with Gasteiger partial charge in [0.05, 0.1) is 13.0 Å². The Kier molecular flexibility index (Phi) is 4.71. The van der Waals surface area contributed by atoms with Crippen LogP contribution >= 0.6 is 0 Å². The van der Waals surface area contributed by atoms with Gasteiger partial charge in [0.1, 0.15) is 5.75 Å². The highest BCUT2D eigenvalue weighted by molar-refractivity contribution is 5.28. The summed E-state index contributed by atoms with van der Waals surface area (Å²) >= 11 is 0. The molecule has 0 radical (unpaired) electrons. The van der Waals surface area contributed by atoms with E-state index in [1.807, 2.05) is 30.3 Å². The van der Waals surface area contributed by atoms with Crippen LogP contribution in [0.3, 0.4) is 0 Å². The molecule has 1 aliphatic carbocycles. The van der Waals surface area contributed by atoms with Crippen molar-refractivity contribution in [2.45, 2.75) is 45.3 Å². The smallest absolute Gasteiger partial charge is 0.230 e. The lowest BCUT2D eigenvalue weighted by Gasteiger charge is -2.20. The Morgan fingerprint density at radius 1 is 1.04 bits per heavy atom. The normalized spacial score (nSPS) is 14.1. The van der Waals surface area contributed by atoms with Crippen LogP contribution in [-0.2, 0) is 19.5 Å². The van der Waals surface area contributed by atoms with Crippen molar-refractivity contribution in [1.29, 1.82) is 0 Å². The second kappa shape index (κ2) is 7.30. The van der Waals surface area contributed by atoms with E-state index in [4.69, 9.17) is 4.42 Å². The van der Waals surface area contributed by atoms with Crippen LogP contribution in [0.1, 0.15) is 41.3 Å². The summed E-state index contributed by atoms with van der Waals surface area (Å²) in [5.41, 5.74) is 3.54. The molecule has 26 heavy (non-hydrogen) atoms. The van der Waals surface area contributed by atoms with Crippen LogP contribution in [0.4, 0.5) is 0 Å². The number of hydrogen-bond donors (Lipinski definition) is 1. The van der Waals surface area contributed by atoms with E-state index < -0.39 is 0 Å². The summed E-state index contributed by atoms with van der Waals surface area (Å²) in [7, 11) is 0. The van der Waals surface area contributed by atoms with E-state index in [-0.39, 0.29) is 0 Å². The fourth-order valence-corrected chi connectivity index (χ4v) is 3.21. The molecule has 3 aromatic rings. The predicted molar refractivity (Wildman–Crippen MR) is 98.7 cm³/mol. The van der Waals surface area contributed by atoms with Crippen molar-refractivity contribution in [1.82, 2.24) is 15.1 Å². The monoisotopic (exact) mass is 349 g/mol. The van der Waals surface area contributed by atoms with Crippen LogP contribution in [0.5, 0.6) is 5.75 Å². The third-order valence-corrected chi connectivity index (χ3v) is 4.81. The van der Waals surface area contributed by atoms with Crippen molar-refractivity contribution >= 4 is 0 Å². The Bertz CT molecular complexity index is 886. The number of aromatic hydroxyl groups is 1. The molecule has 1 heterocycles. The van der Waals surface area contributed by atoms with Crippen LogP contribution < -0.4 is 0 Å². The molecule has 0 aliphatic heterocycles. The lowest BCUT2D eigenvalue weighted by molar-refractivity contribution is 0.218. The van der Waals surface area contributed by atoms with Gasteiger partial charge in [0.25, 0.3) is 0 Å². The molecular weight excluding hydrogens is 326 g/mol. The Balaban J connectivity index is 1.44. The van der Waals surface area contributed by atoms with E-state index in [1.54, 1.807) is 6.07 Å². The summed E-state index contributed by atoms with van der Waals surface area (Å²) in [4.78, 5) is 2.35. The lowest BCUT2D eigenvalue weighted by Crippen LogP contribution is -2.25. The molecule has 4 rings (SSSR count). The number of rotatable bonds is 7. The van der Waals surface area contributed by atoms with Gasteiger partial charge in [-0.05, 0) is 48.6 Å². The lowest BCUT2D eigenvalue weighted by atomic mass is 10.1. The Morgan fingerprint density at radius 3 is 2.62 bits per heavy atom. The maximum absolute atomic E-state index is 9.68. The third-order valence-electron chi connectivity index (χ3n) is 4.81. The van der Waals surface area contributed by atoms with E-state index in [9.17, 15) is 5.11 Å². The average molecular weight is 349 g/mol. The van der Waals surface area contributed by atoms with Gasteiger partial charge in [-0.25, -0.2) is 0 Å². The van der Waals surface area contributed by atoms with E-state index in [2.05, 4.69) is 34.2 Å². The minimum atomic E-state index is 0.302. The highest BCUT2D eigenvalue weighted by Crippen LogP contribution is 2.30. The highest BCUT2D eigenvalue weighted by Gasteiger charge is 2.30. The largest absolute Gasteiger partial charge is 0.508 e. The first-order valence-electron chi connectivity index (χ1n) is 9.05. The summed E-state index contributed by atoms with van der Waals surface area (Å²) < 4.78 is 5.90. The summed E-state index contributed by atoms with van der Waals surface area (Å²) in [6.45, 7) is 3.51. The van der Waals surface area contributed by atoms with Crippen LogP contribution in [0.2, 0.25) is 0 Å². The molecule has 1 aliphatic rings. The van der Waals surface area contributed by atoms with Crippen LogP contribution in [0, 0.1) is 6.92 Å². The zero-order valence-electron chi connectivity index (χ0n) is 14.9. The first kappa shape index (κ1) is 16.8. The highest BCUT2D eigenvalue weighted by atomic mass is 16.4. The molecule has 0 amide bonds. The fourth-order valence-electron chi connectivity index (χ4n) is 3.21. The van der Waals surface area contributed by atoms with Crippen LogP contribution in [0.15, 0.2) is 52.9 Å². The Labute approximate surface area is 153 Å². The van der Waals surface area contributed by atoms with Crippen LogP contribution in [0.25, 0.3) is 0 Å². The number of phenolic OH excluding ortho intramolecular Hbond substituents is 1. The number of phenols is 1. The second-order valence-electron chi connectivity index (χ2n) is 7.00. The van der Waals surface area contributed by atoms with Gasteiger partial charge in [-0.15, -0.1) is 10.2 Å². The summed E-state index contributed by atoms with van der Waals surface area (Å²) in [5.74, 6) is 1.61. The van der Waals surface area contributed by atoms with E-state index in [0.29, 0.717) is 36.5 Å². The van der Waals surface area contributed by atoms with Crippen LogP contribution in [-0.4, -0.2) is 26.2 Å². The first-order valence-corrected chi connectivity index (χ1v) is 9.05. The van der Waals surface area contributed by atoms with Gasteiger partial charge in [-0.1, -0.05) is 36.4 Å². The summed E-state index contributed by atoms with van der Waals surface area (Å²) in [6, 6.07) is 16.2. The molecule has 0 saturated heterocycles. The average Bonchev–Trinajstić information content (AvgIpc) is 3.38. The van der Waals surface area contributed by atoms with Crippen molar-refractivity contribution in [3.05, 3.63) is 77.0 Å². The molecule has 2 aromatic carbocycles. The zero-order valence-corrected chi connectivity index (χ0v) is 14.9.